The van der Waals surface area contributed by atoms with Gasteiger partial charge >= 0.3 is 6.03 Å². The molecule has 2 aromatic carbocycles. The average Bonchev–Trinajstić information content (AvgIpc) is 2.89. The van der Waals surface area contributed by atoms with E-state index < -0.39 is 0 Å². The minimum Gasteiger partial charge on any atom is -0.296 e. The lowest BCUT2D eigenvalue weighted by Gasteiger charge is -2.16. The number of anilines is 1. The topological polar surface area (TPSA) is 51.0 Å². The zero-order valence-corrected chi connectivity index (χ0v) is 11.4. The Balaban J connectivity index is 2.03. The number of hydrogen-bond acceptors (Lipinski definition) is 3. The van der Waals surface area contributed by atoms with Gasteiger partial charge in [0.25, 0.3) is 0 Å². The minimum absolute atomic E-state index is 0.291. The Morgan fingerprint density at radius 2 is 1.95 bits per heavy atom. The highest BCUT2D eigenvalue weighted by Gasteiger charge is 2.17. The third-order valence-corrected chi connectivity index (χ3v) is 3.25. The van der Waals surface area contributed by atoms with E-state index in [0.29, 0.717) is 16.1 Å². The van der Waals surface area contributed by atoms with Crippen molar-refractivity contribution in [2.24, 2.45) is 0 Å². The standard InChI is InChI=1S/C14H11ClN4O/c1-18(11-5-3-2-4-6-11)14(20)19-13-9-10(15)7-8-12(13)16-17-19/h2-9H,1H3. The number of carbonyl (C=O) groups is 1. The van der Waals surface area contributed by atoms with Crippen molar-refractivity contribution < 1.29 is 4.79 Å². The molecule has 0 atom stereocenters. The van der Waals surface area contributed by atoms with Gasteiger partial charge in [-0.3, -0.25) is 4.90 Å². The van der Waals surface area contributed by atoms with Crippen molar-refractivity contribution in [2.45, 2.75) is 0 Å². The maximum Gasteiger partial charge on any atom is 0.350 e. The molecule has 5 nitrogen and oxygen atoms in total. The van der Waals surface area contributed by atoms with Crippen molar-refractivity contribution in [3.63, 3.8) is 0 Å². The van der Waals surface area contributed by atoms with Crippen LogP contribution in [0, 0.1) is 0 Å². The fourth-order valence-corrected chi connectivity index (χ4v) is 2.10. The number of nitrogens with zero attached hydrogens (tertiary/aromatic N) is 4. The summed E-state index contributed by atoms with van der Waals surface area (Å²) in [7, 11) is 1.69. The van der Waals surface area contributed by atoms with E-state index >= 15 is 0 Å². The number of halogens is 1. The predicted molar refractivity (Wildman–Crippen MR) is 78.2 cm³/mol. The molecule has 20 heavy (non-hydrogen) atoms. The molecule has 100 valence electrons. The number of para-hydroxylation sites is 1. The lowest BCUT2D eigenvalue weighted by atomic mass is 10.3. The molecule has 3 aromatic rings. The molecule has 0 aliphatic carbocycles. The Morgan fingerprint density at radius 3 is 2.70 bits per heavy atom. The van der Waals surface area contributed by atoms with Gasteiger partial charge in [0.2, 0.25) is 0 Å². The van der Waals surface area contributed by atoms with Crippen molar-refractivity contribution in [1.29, 1.82) is 0 Å². The molecule has 3 rings (SSSR count). The summed E-state index contributed by atoms with van der Waals surface area (Å²) in [4.78, 5) is 14.0. The summed E-state index contributed by atoms with van der Waals surface area (Å²) in [6.45, 7) is 0. The van der Waals surface area contributed by atoms with Crippen LogP contribution in [0.4, 0.5) is 10.5 Å². The van der Waals surface area contributed by atoms with E-state index in [0.717, 1.165) is 5.69 Å². The summed E-state index contributed by atoms with van der Waals surface area (Å²) in [5, 5.41) is 8.40. The van der Waals surface area contributed by atoms with Gasteiger partial charge in [-0.1, -0.05) is 35.0 Å². The molecule has 0 fully saturated rings. The van der Waals surface area contributed by atoms with Crippen molar-refractivity contribution in [3.05, 3.63) is 53.6 Å². The van der Waals surface area contributed by atoms with Crippen molar-refractivity contribution >= 4 is 34.4 Å². The van der Waals surface area contributed by atoms with Gasteiger partial charge in [-0.2, -0.15) is 4.68 Å². The van der Waals surface area contributed by atoms with E-state index in [1.54, 1.807) is 25.2 Å². The second-order valence-corrected chi connectivity index (χ2v) is 4.75. The first-order chi connectivity index (χ1) is 9.66. The smallest absolute Gasteiger partial charge is 0.296 e. The second-order valence-electron chi connectivity index (χ2n) is 4.31. The monoisotopic (exact) mass is 286 g/mol. The van der Waals surface area contributed by atoms with Gasteiger partial charge in [0, 0.05) is 17.8 Å². The second kappa shape index (κ2) is 4.94. The number of fused-ring (bicyclic) bond motifs is 1. The first-order valence-electron chi connectivity index (χ1n) is 6.01. The molecule has 1 amide bonds. The summed E-state index contributed by atoms with van der Waals surface area (Å²) in [5.41, 5.74) is 2.00. The molecule has 0 unspecified atom stereocenters. The van der Waals surface area contributed by atoms with Gasteiger partial charge < -0.3 is 0 Å². The molecule has 6 heteroatoms. The maximum absolute atomic E-state index is 12.5. The number of amides is 1. The van der Waals surface area contributed by atoms with E-state index in [2.05, 4.69) is 10.3 Å². The molecule has 0 saturated heterocycles. The molecule has 1 heterocycles. The fraction of sp³-hybridized carbons (Fsp3) is 0.0714. The van der Waals surface area contributed by atoms with Crippen LogP contribution in [0.15, 0.2) is 48.5 Å². The molecule has 1 aromatic heterocycles. The van der Waals surface area contributed by atoms with E-state index in [9.17, 15) is 4.79 Å². The molecule has 0 aliphatic rings. The van der Waals surface area contributed by atoms with Gasteiger partial charge in [-0.15, -0.1) is 5.10 Å². The summed E-state index contributed by atoms with van der Waals surface area (Å²) in [6, 6.07) is 14.2. The zero-order valence-electron chi connectivity index (χ0n) is 10.7. The molecule has 0 saturated carbocycles. The van der Waals surface area contributed by atoms with Crippen molar-refractivity contribution in [1.82, 2.24) is 15.0 Å². The van der Waals surface area contributed by atoms with Gasteiger partial charge in [-0.25, -0.2) is 4.79 Å². The molecule has 0 spiro atoms. The van der Waals surface area contributed by atoms with Crippen molar-refractivity contribution in [2.75, 3.05) is 11.9 Å². The third-order valence-electron chi connectivity index (χ3n) is 3.02. The summed E-state index contributed by atoms with van der Waals surface area (Å²) in [5.74, 6) is 0. The average molecular weight is 287 g/mol. The van der Waals surface area contributed by atoms with E-state index in [1.165, 1.54) is 9.58 Å². The number of aromatic nitrogens is 3. The van der Waals surface area contributed by atoms with Crippen LogP contribution in [0.25, 0.3) is 11.0 Å². The van der Waals surface area contributed by atoms with Crippen LogP contribution in [0.2, 0.25) is 5.02 Å². The molecular weight excluding hydrogens is 276 g/mol. The minimum atomic E-state index is -0.291. The van der Waals surface area contributed by atoms with Gasteiger partial charge in [0.15, 0.2) is 0 Å². The van der Waals surface area contributed by atoms with E-state index in [1.807, 2.05) is 30.3 Å². The highest BCUT2D eigenvalue weighted by molar-refractivity contribution is 6.31. The number of rotatable bonds is 1. The Labute approximate surface area is 120 Å². The van der Waals surface area contributed by atoms with Crippen molar-refractivity contribution in [3.8, 4) is 0 Å². The summed E-state index contributed by atoms with van der Waals surface area (Å²) in [6.07, 6.45) is 0. The van der Waals surface area contributed by atoms with Crippen LogP contribution in [0.1, 0.15) is 0 Å². The Kier molecular flexibility index (Phi) is 3.12. The lowest BCUT2D eigenvalue weighted by molar-refractivity contribution is 0.246. The lowest BCUT2D eigenvalue weighted by Crippen LogP contribution is -2.31. The quantitative estimate of drug-likeness (QED) is 0.690. The third kappa shape index (κ3) is 2.12. The highest BCUT2D eigenvalue weighted by atomic mass is 35.5. The number of carbonyl (C=O) groups excluding carboxylic acids is 1. The van der Waals surface area contributed by atoms with Crippen LogP contribution in [0.3, 0.4) is 0 Å². The Morgan fingerprint density at radius 1 is 1.20 bits per heavy atom. The molecular formula is C14H11ClN4O. The maximum atomic E-state index is 12.5. The van der Waals surface area contributed by atoms with Crippen LogP contribution in [-0.2, 0) is 0 Å². The normalized spacial score (nSPS) is 10.7. The number of benzene rings is 2. The van der Waals surface area contributed by atoms with Gasteiger partial charge in [-0.05, 0) is 30.3 Å². The predicted octanol–water partition coefficient (Wildman–Crippen LogP) is 3.19. The fourth-order valence-electron chi connectivity index (χ4n) is 1.94. The van der Waals surface area contributed by atoms with Gasteiger partial charge in [0.1, 0.15) is 11.0 Å². The molecule has 0 aliphatic heterocycles. The zero-order chi connectivity index (χ0) is 14.1. The van der Waals surface area contributed by atoms with Crippen LogP contribution >= 0.6 is 11.6 Å². The highest BCUT2D eigenvalue weighted by Crippen LogP contribution is 2.19. The van der Waals surface area contributed by atoms with Gasteiger partial charge in [0.05, 0.1) is 0 Å². The van der Waals surface area contributed by atoms with Crippen LogP contribution in [-0.4, -0.2) is 28.1 Å². The van der Waals surface area contributed by atoms with E-state index in [-0.39, 0.29) is 6.03 Å². The Hall–Kier alpha value is -2.40. The summed E-state index contributed by atoms with van der Waals surface area (Å²) < 4.78 is 1.24. The molecule has 0 bridgehead atoms. The summed E-state index contributed by atoms with van der Waals surface area (Å²) >= 11 is 5.96. The first-order valence-corrected chi connectivity index (χ1v) is 6.39. The van der Waals surface area contributed by atoms with Crippen LogP contribution < -0.4 is 4.90 Å². The largest absolute Gasteiger partial charge is 0.350 e. The number of hydrogen-bond donors (Lipinski definition) is 0. The van der Waals surface area contributed by atoms with Crippen LogP contribution in [0.5, 0.6) is 0 Å². The molecule has 0 radical (unpaired) electrons. The molecule has 0 N–H and O–H groups in total. The van der Waals surface area contributed by atoms with E-state index in [4.69, 9.17) is 11.6 Å². The SMILES string of the molecule is CN(C(=O)n1nnc2ccc(Cl)cc21)c1ccccc1. The Bertz CT molecular complexity index is 769. The first kappa shape index (κ1) is 12.6.